The van der Waals surface area contributed by atoms with Gasteiger partial charge in [-0.05, 0) is 49.8 Å². The number of rotatable bonds is 4. The summed E-state index contributed by atoms with van der Waals surface area (Å²) in [6.07, 6.45) is 1.94. The summed E-state index contributed by atoms with van der Waals surface area (Å²) in [7, 11) is 0. The van der Waals surface area contributed by atoms with Crippen LogP contribution in [0.5, 0.6) is 0 Å². The molecule has 1 aromatic carbocycles. The first-order valence-corrected chi connectivity index (χ1v) is 9.35. The molecule has 0 radical (unpaired) electrons. The summed E-state index contributed by atoms with van der Waals surface area (Å²) in [6, 6.07) is 11.8. The first kappa shape index (κ1) is 17.7. The summed E-state index contributed by atoms with van der Waals surface area (Å²) in [6.45, 7) is 5.49. The number of aliphatic hydroxyl groups is 1. The third-order valence-corrected chi connectivity index (χ3v) is 5.26. The molecule has 0 aliphatic carbocycles. The lowest BCUT2D eigenvalue weighted by atomic mass is 9.98. The van der Waals surface area contributed by atoms with Crippen molar-refractivity contribution in [1.82, 2.24) is 19.5 Å². The first-order valence-electron chi connectivity index (χ1n) is 9.35. The van der Waals surface area contributed by atoms with Gasteiger partial charge in [-0.25, -0.2) is 9.50 Å². The number of hydrogen-bond acceptors (Lipinski definition) is 4. The Hall–Kier alpha value is -2.73. The molecule has 1 aliphatic rings. The molecule has 6 nitrogen and oxygen atoms in total. The Kier molecular flexibility index (Phi) is 4.66. The second-order valence-electron chi connectivity index (χ2n) is 7.42. The second kappa shape index (κ2) is 7.12. The number of nitrogens with zero attached hydrogens (tertiary/aromatic N) is 4. The molecule has 1 saturated heterocycles. The minimum Gasteiger partial charge on any atom is -0.392 e. The van der Waals surface area contributed by atoms with E-state index in [1.807, 2.05) is 36.9 Å². The molecule has 3 aromatic rings. The lowest BCUT2D eigenvalue weighted by Gasteiger charge is -2.15. The van der Waals surface area contributed by atoms with E-state index in [0.717, 1.165) is 48.5 Å². The molecular formula is C21H24N4O2. The number of aryl methyl sites for hydroxylation is 2. The largest absolute Gasteiger partial charge is 0.392 e. The molecule has 6 heteroatoms. The van der Waals surface area contributed by atoms with Crippen molar-refractivity contribution >= 4 is 11.6 Å². The van der Waals surface area contributed by atoms with Gasteiger partial charge in [0.25, 0.3) is 5.91 Å². The Morgan fingerprint density at radius 3 is 2.67 bits per heavy atom. The molecule has 4 rings (SSSR count). The molecule has 1 atom stereocenters. The summed E-state index contributed by atoms with van der Waals surface area (Å²) in [5.74, 6) is 0.434. The average Bonchev–Trinajstić information content (AvgIpc) is 3.29. The van der Waals surface area contributed by atoms with Crippen LogP contribution in [0.3, 0.4) is 0 Å². The number of fused-ring (bicyclic) bond motifs is 1. The van der Waals surface area contributed by atoms with E-state index in [1.54, 1.807) is 10.6 Å². The van der Waals surface area contributed by atoms with Crippen molar-refractivity contribution in [3.63, 3.8) is 0 Å². The molecule has 140 valence electrons. The van der Waals surface area contributed by atoms with Crippen molar-refractivity contribution in [3.8, 4) is 0 Å². The minimum absolute atomic E-state index is 0.0179. The zero-order chi connectivity index (χ0) is 19.0. The third-order valence-electron chi connectivity index (χ3n) is 5.26. The molecule has 1 aliphatic heterocycles. The highest BCUT2D eigenvalue weighted by Gasteiger charge is 2.28. The van der Waals surface area contributed by atoms with Crippen LogP contribution in [0, 0.1) is 19.8 Å². The highest BCUT2D eigenvalue weighted by atomic mass is 16.3. The summed E-state index contributed by atoms with van der Waals surface area (Å²) in [5.41, 5.74) is 5.25. The number of carbonyl (C=O) groups is 1. The molecule has 0 spiro atoms. The molecule has 0 saturated carbocycles. The van der Waals surface area contributed by atoms with Crippen LogP contribution in [0.25, 0.3) is 5.65 Å². The normalized spacial score (nSPS) is 17.0. The van der Waals surface area contributed by atoms with Crippen LogP contribution >= 0.6 is 0 Å². The van der Waals surface area contributed by atoms with E-state index >= 15 is 0 Å². The van der Waals surface area contributed by atoms with Crippen LogP contribution in [0.15, 0.2) is 36.4 Å². The van der Waals surface area contributed by atoms with Crippen molar-refractivity contribution < 1.29 is 9.90 Å². The topological polar surface area (TPSA) is 70.7 Å². The van der Waals surface area contributed by atoms with E-state index in [0.29, 0.717) is 11.6 Å². The molecular weight excluding hydrogens is 340 g/mol. The van der Waals surface area contributed by atoms with Crippen LogP contribution < -0.4 is 0 Å². The Morgan fingerprint density at radius 2 is 1.93 bits per heavy atom. The molecule has 27 heavy (non-hydrogen) atoms. The van der Waals surface area contributed by atoms with Gasteiger partial charge in [-0.3, -0.25) is 4.79 Å². The monoisotopic (exact) mass is 364 g/mol. The summed E-state index contributed by atoms with van der Waals surface area (Å²) in [5, 5.41) is 13.6. The Morgan fingerprint density at radius 1 is 1.19 bits per heavy atom. The predicted octanol–water partition coefficient (Wildman–Crippen LogP) is 2.54. The van der Waals surface area contributed by atoms with E-state index in [2.05, 4.69) is 22.2 Å². The van der Waals surface area contributed by atoms with Crippen LogP contribution in [0.4, 0.5) is 0 Å². The Labute approximate surface area is 158 Å². The maximum atomic E-state index is 12.9. The molecule has 0 bridgehead atoms. The van der Waals surface area contributed by atoms with Gasteiger partial charge in [-0.15, -0.1) is 0 Å². The lowest BCUT2D eigenvalue weighted by molar-refractivity contribution is 0.0781. The SMILES string of the molecule is Cc1cc(C)n2nc(C(=O)N3CC[C@@H](Cc4ccc(CO)cc4)C3)cc2n1. The lowest BCUT2D eigenvalue weighted by Crippen LogP contribution is -2.29. The predicted molar refractivity (Wildman–Crippen MR) is 103 cm³/mol. The standard InChI is InChI=1S/C21H24N4O2/c1-14-9-15(2)25-20(22-14)11-19(23-25)21(27)24-8-7-18(12-24)10-16-3-5-17(13-26)6-4-16/h3-6,9,11,18,26H,7-8,10,12-13H2,1-2H3/t18-/m0/s1. The van der Waals surface area contributed by atoms with E-state index in [-0.39, 0.29) is 12.5 Å². The van der Waals surface area contributed by atoms with Gasteiger partial charge in [0.05, 0.1) is 6.61 Å². The molecule has 0 unspecified atom stereocenters. The molecule has 1 amide bonds. The van der Waals surface area contributed by atoms with Crippen molar-refractivity contribution in [2.75, 3.05) is 13.1 Å². The minimum atomic E-state index is -0.0179. The Bertz CT molecular complexity index is 978. The zero-order valence-electron chi connectivity index (χ0n) is 15.7. The fraction of sp³-hybridized carbons (Fsp3) is 0.381. The van der Waals surface area contributed by atoms with Gasteiger partial charge >= 0.3 is 0 Å². The zero-order valence-corrected chi connectivity index (χ0v) is 15.7. The fourth-order valence-corrected chi connectivity index (χ4v) is 3.85. The van der Waals surface area contributed by atoms with Gasteiger partial charge in [-0.1, -0.05) is 24.3 Å². The van der Waals surface area contributed by atoms with E-state index in [1.165, 1.54) is 5.56 Å². The van der Waals surface area contributed by atoms with Crippen molar-refractivity contribution in [3.05, 3.63) is 64.6 Å². The van der Waals surface area contributed by atoms with Crippen molar-refractivity contribution in [2.24, 2.45) is 5.92 Å². The van der Waals surface area contributed by atoms with Crippen LogP contribution in [0.2, 0.25) is 0 Å². The highest BCUT2D eigenvalue weighted by molar-refractivity contribution is 5.93. The molecule has 3 heterocycles. The first-order chi connectivity index (χ1) is 13.0. The van der Waals surface area contributed by atoms with E-state index < -0.39 is 0 Å². The molecule has 1 N–H and O–H groups in total. The van der Waals surface area contributed by atoms with Gasteiger partial charge in [0.2, 0.25) is 0 Å². The van der Waals surface area contributed by atoms with Crippen molar-refractivity contribution in [1.29, 1.82) is 0 Å². The second-order valence-corrected chi connectivity index (χ2v) is 7.42. The smallest absolute Gasteiger partial charge is 0.274 e. The highest BCUT2D eigenvalue weighted by Crippen LogP contribution is 2.23. The maximum absolute atomic E-state index is 12.9. The van der Waals surface area contributed by atoms with Crippen LogP contribution in [-0.2, 0) is 13.0 Å². The number of likely N-dealkylation sites (tertiary alicyclic amines) is 1. The summed E-state index contributed by atoms with van der Waals surface area (Å²) >= 11 is 0. The third kappa shape index (κ3) is 3.57. The molecule has 2 aromatic heterocycles. The summed E-state index contributed by atoms with van der Waals surface area (Å²) in [4.78, 5) is 19.3. The quantitative estimate of drug-likeness (QED) is 0.772. The van der Waals surface area contributed by atoms with Crippen molar-refractivity contribution in [2.45, 2.75) is 33.3 Å². The van der Waals surface area contributed by atoms with Crippen LogP contribution in [-0.4, -0.2) is 43.6 Å². The van der Waals surface area contributed by atoms with E-state index in [9.17, 15) is 4.79 Å². The van der Waals surface area contributed by atoms with Gasteiger partial charge in [0, 0.05) is 30.5 Å². The summed E-state index contributed by atoms with van der Waals surface area (Å²) < 4.78 is 1.73. The fourth-order valence-electron chi connectivity index (χ4n) is 3.85. The number of benzene rings is 1. The number of aromatic nitrogens is 3. The number of carbonyl (C=O) groups excluding carboxylic acids is 1. The Balaban J connectivity index is 1.45. The van der Waals surface area contributed by atoms with Gasteiger partial charge < -0.3 is 10.0 Å². The van der Waals surface area contributed by atoms with E-state index in [4.69, 9.17) is 5.11 Å². The number of aliphatic hydroxyl groups excluding tert-OH is 1. The van der Waals surface area contributed by atoms with Crippen LogP contribution in [0.1, 0.15) is 39.4 Å². The van der Waals surface area contributed by atoms with Gasteiger partial charge in [0.15, 0.2) is 11.3 Å². The number of hydrogen-bond donors (Lipinski definition) is 1. The average molecular weight is 364 g/mol. The van der Waals surface area contributed by atoms with Gasteiger partial charge in [-0.2, -0.15) is 5.10 Å². The van der Waals surface area contributed by atoms with Gasteiger partial charge in [0.1, 0.15) is 0 Å². The molecule has 1 fully saturated rings. The maximum Gasteiger partial charge on any atom is 0.274 e. The number of amides is 1.